The van der Waals surface area contributed by atoms with Crippen molar-refractivity contribution in [1.29, 1.82) is 0 Å². The third kappa shape index (κ3) is 1.77. The number of thiol groups is 1. The SMILES string of the molecule is O=C(CS)NCC1Cc2ccccc21. The van der Waals surface area contributed by atoms with E-state index in [0.29, 0.717) is 5.92 Å². The van der Waals surface area contributed by atoms with Gasteiger partial charge in [0.05, 0.1) is 5.75 Å². The van der Waals surface area contributed by atoms with Crippen LogP contribution in [0.2, 0.25) is 0 Å². The van der Waals surface area contributed by atoms with E-state index >= 15 is 0 Å². The van der Waals surface area contributed by atoms with E-state index in [2.05, 4.69) is 36.1 Å². The van der Waals surface area contributed by atoms with Gasteiger partial charge in [0.15, 0.2) is 0 Å². The Labute approximate surface area is 89.1 Å². The molecule has 2 rings (SSSR count). The van der Waals surface area contributed by atoms with Crippen LogP contribution in [0, 0.1) is 0 Å². The Balaban J connectivity index is 1.90. The Morgan fingerprint density at radius 2 is 2.29 bits per heavy atom. The molecule has 1 amide bonds. The number of carbonyl (C=O) groups is 1. The molecule has 1 unspecified atom stereocenters. The minimum atomic E-state index is 0.0118. The normalized spacial score (nSPS) is 18.2. The van der Waals surface area contributed by atoms with Crippen LogP contribution in [-0.2, 0) is 11.2 Å². The molecule has 1 atom stereocenters. The summed E-state index contributed by atoms with van der Waals surface area (Å²) in [5, 5.41) is 2.86. The molecule has 0 radical (unpaired) electrons. The fourth-order valence-electron chi connectivity index (χ4n) is 1.84. The lowest BCUT2D eigenvalue weighted by molar-refractivity contribution is -0.118. The topological polar surface area (TPSA) is 29.1 Å². The molecule has 0 heterocycles. The van der Waals surface area contributed by atoms with Crippen molar-refractivity contribution in [2.24, 2.45) is 0 Å². The molecule has 1 aromatic carbocycles. The Hall–Kier alpha value is -0.960. The lowest BCUT2D eigenvalue weighted by Gasteiger charge is -2.30. The number of carbonyl (C=O) groups excluding carboxylic acids is 1. The quantitative estimate of drug-likeness (QED) is 0.720. The minimum absolute atomic E-state index is 0.0118. The average Bonchev–Trinajstić information content (AvgIpc) is 2.19. The smallest absolute Gasteiger partial charge is 0.229 e. The Kier molecular flexibility index (Phi) is 2.77. The summed E-state index contributed by atoms with van der Waals surface area (Å²) in [7, 11) is 0. The number of nitrogens with one attached hydrogen (secondary N) is 1. The molecule has 0 aromatic heterocycles. The second-order valence-electron chi connectivity index (χ2n) is 3.56. The van der Waals surface area contributed by atoms with Gasteiger partial charge in [-0.25, -0.2) is 0 Å². The van der Waals surface area contributed by atoms with Gasteiger partial charge in [-0.3, -0.25) is 4.79 Å². The van der Waals surface area contributed by atoms with Gasteiger partial charge >= 0.3 is 0 Å². The van der Waals surface area contributed by atoms with Crippen molar-refractivity contribution >= 4 is 18.5 Å². The van der Waals surface area contributed by atoms with Crippen LogP contribution in [0.15, 0.2) is 24.3 Å². The summed E-state index contributed by atoms with van der Waals surface area (Å²) in [6, 6.07) is 8.38. The first-order chi connectivity index (χ1) is 6.81. The van der Waals surface area contributed by atoms with Gasteiger partial charge in [-0.2, -0.15) is 12.6 Å². The predicted molar refractivity (Wildman–Crippen MR) is 59.7 cm³/mol. The van der Waals surface area contributed by atoms with E-state index in [9.17, 15) is 4.79 Å². The molecule has 1 aromatic rings. The van der Waals surface area contributed by atoms with Gasteiger partial charge in [0.2, 0.25) is 5.91 Å². The van der Waals surface area contributed by atoms with Crippen molar-refractivity contribution in [2.45, 2.75) is 12.3 Å². The van der Waals surface area contributed by atoms with Crippen LogP contribution < -0.4 is 5.32 Å². The summed E-state index contributed by atoms with van der Waals surface area (Å²) in [6.45, 7) is 0.746. The first-order valence-corrected chi connectivity index (χ1v) is 5.40. The van der Waals surface area contributed by atoms with Crippen molar-refractivity contribution in [2.75, 3.05) is 12.3 Å². The summed E-state index contributed by atoms with van der Waals surface area (Å²) in [5.74, 6) is 0.793. The van der Waals surface area contributed by atoms with Gasteiger partial charge in [0, 0.05) is 12.5 Å². The zero-order valence-corrected chi connectivity index (χ0v) is 8.76. The molecule has 0 spiro atoms. The summed E-state index contributed by atoms with van der Waals surface area (Å²) in [5.41, 5.74) is 2.80. The number of benzene rings is 1. The van der Waals surface area contributed by atoms with Crippen molar-refractivity contribution < 1.29 is 4.79 Å². The maximum Gasteiger partial charge on any atom is 0.229 e. The summed E-state index contributed by atoms with van der Waals surface area (Å²) in [6.07, 6.45) is 1.09. The first kappa shape index (κ1) is 9.59. The van der Waals surface area contributed by atoms with E-state index in [1.165, 1.54) is 11.1 Å². The largest absolute Gasteiger partial charge is 0.355 e. The van der Waals surface area contributed by atoms with Crippen LogP contribution in [0.25, 0.3) is 0 Å². The first-order valence-electron chi connectivity index (χ1n) is 4.76. The molecule has 1 N–H and O–H groups in total. The van der Waals surface area contributed by atoms with E-state index in [4.69, 9.17) is 0 Å². The van der Waals surface area contributed by atoms with Crippen molar-refractivity contribution in [3.63, 3.8) is 0 Å². The van der Waals surface area contributed by atoms with Gasteiger partial charge in [0.25, 0.3) is 0 Å². The van der Waals surface area contributed by atoms with Crippen molar-refractivity contribution in [3.05, 3.63) is 35.4 Å². The van der Waals surface area contributed by atoms with E-state index in [-0.39, 0.29) is 11.7 Å². The summed E-state index contributed by atoms with van der Waals surface area (Å²) >= 11 is 3.91. The van der Waals surface area contributed by atoms with Gasteiger partial charge in [-0.05, 0) is 17.5 Å². The van der Waals surface area contributed by atoms with Gasteiger partial charge in [0.1, 0.15) is 0 Å². The monoisotopic (exact) mass is 207 g/mol. The molecule has 14 heavy (non-hydrogen) atoms. The van der Waals surface area contributed by atoms with Crippen LogP contribution in [0.5, 0.6) is 0 Å². The van der Waals surface area contributed by atoms with Crippen LogP contribution in [0.3, 0.4) is 0 Å². The van der Waals surface area contributed by atoms with E-state index in [0.717, 1.165) is 13.0 Å². The number of rotatable bonds is 3. The van der Waals surface area contributed by atoms with Gasteiger partial charge < -0.3 is 5.32 Å². The molecule has 1 aliphatic carbocycles. The third-order valence-corrected chi connectivity index (χ3v) is 2.94. The van der Waals surface area contributed by atoms with E-state index in [1.54, 1.807) is 0 Å². The van der Waals surface area contributed by atoms with Crippen LogP contribution >= 0.6 is 12.6 Å². The fourth-order valence-corrected chi connectivity index (χ4v) is 1.95. The Morgan fingerprint density at radius 3 is 3.00 bits per heavy atom. The number of hydrogen-bond acceptors (Lipinski definition) is 2. The Morgan fingerprint density at radius 1 is 1.50 bits per heavy atom. The van der Waals surface area contributed by atoms with Crippen LogP contribution in [0.1, 0.15) is 17.0 Å². The second kappa shape index (κ2) is 4.05. The highest BCUT2D eigenvalue weighted by Gasteiger charge is 2.25. The third-order valence-electron chi connectivity index (χ3n) is 2.65. The molecular formula is C11H13NOS. The molecule has 3 heteroatoms. The number of fused-ring (bicyclic) bond motifs is 1. The number of hydrogen-bond donors (Lipinski definition) is 2. The molecule has 0 fully saturated rings. The minimum Gasteiger partial charge on any atom is -0.355 e. The summed E-state index contributed by atoms with van der Waals surface area (Å²) < 4.78 is 0. The standard InChI is InChI=1S/C11H13NOS/c13-11(7-14)12-6-9-5-8-3-1-2-4-10(8)9/h1-4,9,14H,5-7H2,(H,12,13). The second-order valence-corrected chi connectivity index (χ2v) is 3.88. The zero-order valence-electron chi connectivity index (χ0n) is 7.86. The van der Waals surface area contributed by atoms with E-state index < -0.39 is 0 Å². The molecule has 0 saturated heterocycles. The average molecular weight is 207 g/mol. The Bertz CT molecular complexity index is 351. The van der Waals surface area contributed by atoms with Crippen LogP contribution in [-0.4, -0.2) is 18.2 Å². The zero-order chi connectivity index (χ0) is 9.97. The maximum atomic E-state index is 11.0. The molecule has 74 valence electrons. The maximum absolute atomic E-state index is 11.0. The molecule has 2 nitrogen and oxygen atoms in total. The van der Waals surface area contributed by atoms with Gasteiger partial charge in [-0.15, -0.1) is 0 Å². The highest BCUT2D eigenvalue weighted by molar-refractivity contribution is 7.81. The fraction of sp³-hybridized carbons (Fsp3) is 0.364. The van der Waals surface area contributed by atoms with E-state index in [1.807, 2.05) is 6.07 Å². The molecule has 1 aliphatic rings. The highest BCUT2D eigenvalue weighted by atomic mass is 32.1. The van der Waals surface area contributed by atoms with Crippen molar-refractivity contribution in [1.82, 2.24) is 5.32 Å². The predicted octanol–water partition coefficient (Wildman–Crippen LogP) is 1.37. The summed E-state index contributed by atoms with van der Waals surface area (Å²) in [4.78, 5) is 11.0. The highest BCUT2D eigenvalue weighted by Crippen LogP contribution is 2.33. The lowest BCUT2D eigenvalue weighted by atomic mass is 9.77. The lowest BCUT2D eigenvalue weighted by Crippen LogP contribution is -2.33. The molecular weight excluding hydrogens is 194 g/mol. The molecule has 0 bridgehead atoms. The van der Waals surface area contributed by atoms with Gasteiger partial charge in [-0.1, -0.05) is 24.3 Å². The molecule has 0 aliphatic heterocycles. The number of amides is 1. The van der Waals surface area contributed by atoms with Crippen molar-refractivity contribution in [3.8, 4) is 0 Å². The van der Waals surface area contributed by atoms with Crippen LogP contribution in [0.4, 0.5) is 0 Å². The molecule has 0 saturated carbocycles.